The fraction of sp³-hybridized carbons (Fsp3) is 0.320. The van der Waals surface area contributed by atoms with E-state index in [2.05, 4.69) is 15.5 Å². The maximum atomic E-state index is 13.3. The zero-order valence-electron chi connectivity index (χ0n) is 21.4. The number of pyridine rings is 1. The highest BCUT2D eigenvalue weighted by Gasteiger charge is 2.50. The van der Waals surface area contributed by atoms with Crippen LogP contribution in [0, 0.1) is 0 Å². The van der Waals surface area contributed by atoms with E-state index in [1.807, 2.05) is 6.08 Å². The number of thiazole rings is 1. The van der Waals surface area contributed by atoms with Crippen LogP contribution in [-0.4, -0.2) is 73.8 Å². The lowest BCUT2D eigenvalue weighted by Gasteiger charge is -2.47. The molecule has 3 aliphatic rings. The highest BCUT2D eigenvalue weighted by molar-refractivity contribution is 8.00. The molecule has 3 atom stereocenters. The number of alkyl halides is 3. The number of hydrogen-bond donors (Lipinski definition) is 3. The van der Waals surface area contributed by atoms with Gasteiger partial charge in [-0.1, -0.05) is 11.2 Å². The number of aromatic nitrogens is 2. The molecule has 2 aliphatic heterocycles. The van der Waals surface area contributed by atoms with Gasteiger partial charge in [0, 0.05) is 35.0 Å². The Bertz CT molecular complexity index is 1510. The molecule has 0 saturated carbocycles. The average molecular weight is 624 g/mol. The number of halogens is 3. The van der Waals surface area contributed by atoms with E-state index in [-0.39, 0.29) is 22.9 Å². The predicted octanol–water partition coefficient (Wildman–Crippen LogP) is 2.05. The zero-order valence-corrected chi connectivity index (χ0v) is 23.0. The Morgan fingerprint density at radius 2 is 2.02 bits per heavy atom. The Morgan fingerprint density at radius 3 is 2.69 bits per heavy atom. The van der Waals surface area contributed by atoms with E-state index < -0.39 is 46.6 Å². The molecule has 1 aliphatic carbocycles. The highest BCUT2D eigenvalue weighted by Crippen LogP contribution is 2.36. The number of amides is 3. The molecule has 5 rings (SSSR count). The van der Waals surface area contributed by atoms with Crippen LogP contribution < -0.4 is 15.2 Å². The molecular formula is C25H22F3N6O6S2+. The Hall–Kier alpha value is -4.25. The first kappa shape index (κ1) is 29.2. The van der Waals surface area contributed by atoms with E-state index in [9.17, 15) is 32.3 Å². The van der Waals surface area contributed by atoms with Gasteiger partial charge in [-0.3, -0.25) is 19.7 Å². The molecule has 3 amide bonds. The molecule has 220 valence electrons. The number of hydrogen-bond acceptors (Lipinski definition) is 9. The molecule has 12 nitrogen and oxygen atoms in total. The van der Waals surface area contributed by atoms with E-state index in [0.717, 1.165) is 12.0 Å². The molecule has 3 N–H and O–H groups in total. The van der Waals surface area contributed by atoms with Crippen molar-refractivity contribution in [2.45, 2.75) is 43.1 Å². The third kappa shape index (κ3) is 6.46. The summed E-state index contributed by atoms with van der Waals surface area (Å²) < 4.78 is 39.7. The van der Waals surface area contributed by atoms with Gasteiger partial charge in [-0.2, -0.15) is 13.2 Å². The summed E-state index contributed by atoms with van der Waals surface area (Å²) in [6.07, 6.45) is 4.43. The lowest BCUT2D eigenvalue weighted by molar-refractivity contribution is -0.689. The maximum Gasteiger partial charge on any atom is 0.471 e. The van der Waals surface area contributed by atoms with E-state index in [1.54, 1.807) is 34.6 Å². The number of allylic oxidation sites excluding steroid dienone is 1. The molecule has 2 aromatic rings. The minimum Gasteiger partial charge on any atom is -0.478 e. The molecule has 4 heterocycles. The molecule has 0 aromatic carbocycles. The number of fused-ring (bicyclic) bond motifs is 1. The number of carboxylic acids is 1. The van der Waals surface area contributed by atoms with Crippen LogP contribution in [0.5, 0.6) is 0 Å². The number of anilines is 1. The van der Waals surface area contributed by atoms with Crippen LogP contribution in [0.25, 0.3) is 0 Å². The lowest BCUT2D eigenvalue weighted by Crippen LogP contribution is -2.69. The van der Waals surface area contributed by atoms with Gasteiger partial charge in [0.1, 0.15) is 23.2 Å². The van der Waals surface area contributed by atoms with Gasteiger partial charge in [0.15, 0.2) is 29.8 Å². The van der Waals surface area contributed by atoms with Gasteiger partial charge in [0.2, 0.25) is 0 Å². The summed E-state index contributed by atoms with van der Waals surface area (Å²) in [5, 5.41) is 17.7. The average Bonchev–Trinajstić information content (AvgIpc) is 3.64. The SMILES string of the molecule is O=C(NC1C(=O)N2C=C(C[n+]3ccc(C(=O)O)cc3)CS[C@H]12)/C(=N\OC1C=CCC1)c1csc(NC(=O)C(F)(F)F)n1. The summed E-state index contributed by atoms with van der Waals surface area (Å²) in [6.45, 7) is 0.432. The smallest absolute Gasteiger partial charge is 0.471 e. The molecule has 2 aromatic heterocycles. The van der Waals surface area contributed by atoms with Crippen molar-refractivity contribution in [3.8, 4) is 0 Å². The van der Waals surface area contributed by atoms with Crippen LogP contribution in [0.1, 0.15) is 28.9 Å². The van der Waals surface area contributed by atoms with Gasteiger partial charge in [-0.15, -0.1) is 23.1 Å². The number of aromatic carboxylic acids is 1. The second-order valence-electron chi connectivity index (χ2n) is 9.33. The minimum absolute atomic E-state index is 0.134. The molecule has 1 saturated heterocycles. The van der Waals surface area contributed by atoms with Crippen molar-refractivity contribution in [2.24, 2.45) is 5.16 Å². The lowest BCUT2D eigenvalue weighted by atomic mass is 10.1. The fourth-order valence-corrected chi connectivity index (χ4v) is 6.16. The van der Waals surface area contributed by atoms with Gasteiger partial charge in [-0.25, -0.2) is 14.3 Å². The highest BCUT2D eigenvalue weighted by atomic mass is 32.2. The Balaban J connectivity index is 1.26. The first-order valence-corrected chi connectivity index (χ1v) is 14.3. The number of β-lactam (4-membered cyclic amide) rings is 1. The normalized spacial score (nSPS) is 21.7. The maximum absolute atomic E-state index is 13.3. The molecule has 2 unspecified atom stereocenters. The third-order valence-electron chi connectivity index (χ3n) is 6.34. The van der Waals surface area contributed by atoms with Gasteiger partial charge >= 0.3 is 18.1 Å². The summed E-state index contributed by atoms with van der Waals surface area (Å²) >= 11 is 2.09. The zero-order chi connectivity index (χ0) is 30.0. The largest absolute Gasteiger partial charge is 0.478 e. The number of carboxylic acid groups (broad SMARTS) is 1. The van der Waals surface area contributed by atoms with Crippen LogP contribution in [0.4, 0.5) is 18.3 Å². The third-order valence-corrected chi connectivity index (χ3v) is 8.48. The van der Waals surface area contributed by atoms with Crippen molar-refractivity contribution >= 4 is 57.6 Å². The van der Waals surface area contributed by atoms with E-state index in [4.69, 9.17) is 9.94 Å². The van der Waals surface area contributed by atoms with Crippen LogP contribution in [-0.2, 0) is 25.8 Å². The van der Waals surface area contributed by atoms with Gasteiger partial charge in [-0.05, 0) is 18.9 Å². The topological polar surface area (TPSA) is 154 Å². The summed E-state index contributed by atoms with van der Waals surface area (Å²) in [7, 11) is 0. The first-order chi connectivity index (χ1) is 20.0. The first-order valence-electron chi connectivity index (χ1n) is 12.4. The summed E-state index contributed by atoms with van der Waals surface area (Å²) in [6, 6.07) is 2.05. The molecule has 42 heavy (non-hydrogen) atoms. The number of oxime groups is 1. The molecule has 1 fully saturated rings. The predicted molar refractivity (Wildman–Crippen MR) is 143 cm³/mol. The standard InChI is InChI=1S/C25H21F3N6O6S2/c26-25(27,28)23(39)31-24-29-16(12-42-24)17(32-40-15-3-1-2-4-15)19(35)30-18-20(36)34-10-13(11-41-21(18)34)9-33-7-5-14(6-8-33)22(37)38/h1,3,5-8,10,12,15,18,21H,2,4,9,11H2,(H2-,29,30,31,35,37,38,39)/p+1/b32-17-/t15?,18?,21-/m1/s1. The number of thioether (sulfide) groups is 1. The van der Waals surface area contributed by atoms with Crippen molar-refractivity contribution in [3.05, 3.63) is 65.1 Å². The van der Waals surface area contributed by atoms with E-state index in [1.165, 1.54) is 34.2 Å². The summed E-state index contributed by atoms with van der Waals surface area (Å²) in [5.41, 5.74) is 0.565. The number of nitrogens with one attached hydrogen (secondary N) is 2. The monoisotopic (exact) mass is 623 g/mol. The molecule has 0 radical (unpaired) electrons. The van der Waals surface area contributed by atoms with Crippen molar-refractivity contribution in [2.75, 3.05) is 11.1 Å². The van der Waals surface area contributed by atoms with Crippen LogP contribution in [0.3, 0.4) is 0 Å². The van der Waals surface area contributed by atoms with E-state index in [0.29, 0.717) is 30.1 Å². The molecule has 0 spiro atoms. The molecular weight excluding hydrogens is 601 g/mol. The Morgan fingerprint density at radius 1 is 1.26 bits per heavy atom. The summed E-state index contributed by atoms with van der Waals surface area (Å²) in [5.74, 6) is -3.90. The Kier molecular flexibility index (Phi) is 8.31. The minimum atomic E-state index is -5.12. The van der Waals surface area contributed by atoms with Gasteiger partial charge in [0.25, 0.3) is 11.8 Å². The number of rotatable bonds is 9. The second-order valence-corrected chi connectivity index (χ2v) is 11.3. The fourth-order valence-electron chi connectivity index (χ4n) is 4.22. The summed E-state index contributed by atoms with van der Waals surface area (Å²) in [4.78, 5) is 59.4. The van der Waals surface area contributed by atoms with Crippen LogP contribution in [0.15, 0.2) is 59.0 Å². The molecule has 17 heteroatoms. The number of nitrogens with zero attached hydrogens (tertiary/aromatic N) is 4. The second kappa shape index (κ2) is 11.9. The van der Waals surface area contributed by atoms with Crippen LogP contribution >= 0.6 is 23.1 Å². The van der Waals surface area contributed by atoms with Crippen molar-refractivity contribution < 1.29 is 46.9 Å². The van der Waals surface area contributed by atoms with Gasteiger partial charge < -0.3 is 20.2 Å². The van der Waals surface area contributed by atoms with Crippen molar-refractivity contribution in [3.63, 3.8) is 0 Å². The van der Waals surface area contributed by atoms with E-state index >= 15 is 0 Å². The van der Waals surface area contributed by atoms with Gasteiger partial charge in [0.05, 0.1) is 5.56 Å². The molecule has 0 bridgehead atoms. The van der Waals surface area contributed by atoms with Crippen LogP contribution in [0.2, 0.25) is 0 Å². The van der Waals surface area contributed by atoms with Crippen molar-refractivity contribution in [1.29, 1.82) is 0 Å². The van der Waals surface area contributed by atoms with Crippen molar-refractivity contribution in [1.82, 2.24) is 15.2 Å². The Labute approximate surface area is 243 Å². The number of carbonyl (C=O) groups is 4. The quantitative estimate of drug-likeness (QED) is 0.126. The number of carbonyl (C=O) groups excluding carboxylic acids is 3.